The minimum absolute atomic E-state index is 0.0166. The lowest BCUT2D eigenvalue weighted by atomic mass is 10.2. The van der Waals surface area contributed by atoms with E-state index < -0.39 is 27.9 Å². The maximum Gasteiger partial charge on any atom is 0.267 e. The Morgan fingerprint density at radius 1 is 1.03 bits per heavy atom. The van der Waals surface area contributed by atoms with Crippen LogP contribution in [-0.2, 0) is 14.8 Å². The van der Waals surface area contributed by atoms with Crippen molar-refractivity contribution >= 4 is 38.9 Å². The third-order valence-electron chi connectivity index (χ3n) is 4.56. The molecule has 1 aliphatic rings. The Kier molecular flexibility index (Phi) is 5.36. The number of sulfonamides is 1. The van der Waals surface area contributed by atoms with Gasteiger partial charge in [-0.25, -0.2) is 12.8 Å². The number of amides is 1. The van der Waals surface area contributed by atoms with E-state index in [1.807, 2.05) is 0 Å². The Hall–Kier alpha value is -3.10. The van der Waals surface area contributed by atoms with Crippen LogP contribution in [0, 0.1) is 5.82 Å². The number of benzene rings is 3. The van der Waals surface area contributed by atoms with Gasteiger partial charge in [-0.3, -0.25) is 9.10 Å². The lowest BCUT2D eigenvalue weighted by Gasteiger charge is -2.34. The maximum atomic E-state index is 13.9. The first kappa shape index (κ1) is 20.2. The van der Waals surface area contributed by atoms with Gasteiger partial charge in [0.05, 0.1) is 22.8 Å². The van der Waals surface area contributed by atoms with E-state index in [4.69, 9.17) is 16.3 Å². The molecule has 0 unspecified atom stereocenters. The van der Waals surface area contributed by atoms with Crippen LogP contribution in [0.1, 0.15) is 0 Å². The second-order valence-corrected chi connectivity index (χ2v) is 8.83. The van der Waals surface area contributed by atoms with Crippen molar-refractivity contribution in [3.8, 4) is 5.75 Å². The van der Waals surface area contributed by atoms with Gasteiger partial charge in [-0.05, 0) is 48.5 Å². The van der Waals surface area contributed by atoms with Gasteiger partial charge in [-0.2, -0.15) is 0 Å². The monoisotopic (exact) mass is 446 g/mol. The molecular weight excluding hydrogens is 431 g/mol. The predicted octanol–water partition coefficient (Wildman–Crippen LogP) is 4.07. The van der Waals surface area contributed by atoms with Crippen LogP contribution in [0.15, 0.2) is 77.7 Å². The molecule has 9 heteroatoms. The number of carbonyl (C=O) groups excluding carboxylic acids is 1. The zero-order chi connectivity index (χ0) is 21.3. The molecule has 1 aliphatic heterocycles. The molecule has 1 heterocycles. The number of para-hydroxylation sites is 3. The van der Waals surface area contributed by atoms with Crippen LogP contribution in [-0.4, -0.2) is 27.0 Å². The van der Waals surface area contributed by atoms with E-state index in [9.17, 15) is 17.6 Å². The normalized spacial score (nSPS) is 15.8. The summed E-state index contributed by atoms with van der Waals surface area (Å²) in [4.78, 5) is 12.8. The first-order valence-electron chi connectivity index (χ1n) is 8.95. The van der Waals surface area contributed by atoms with Crippen molar-refractivity contribution < 1.29 is 22.3 Å². The van der Waals surface area contributed by atoms with E-state index in [-0.39, 0.29) is 22.9 Å². The van der Waals surface area contributed by atoms with Gasteiger partial charge < -0.3 is 10.1 Å². The quantitative estimate of drug-likeness (QED) is 0.655. The van der Waals surface area contributed by atoms with E-state index in [1.54, 1.807) is 30.3 Å². The fourth-order valence-electron chi connectivity index (χ4n) is 3.08. The molecule has 1 amide bonds. The minimum atomic E-state index is -4.00. The summed E-state index contributed by atoms with van der Waals surface area (Å²) in [6, 6.07) is 17.9. The van der Waals surface area contributed by atoms with Crippen molar-refractivity contribution in [1.29, 1.82) is 0 Å². The summed E-state index contributed by atoms with van der Waals surface area (Å²) in [6.45, 7) is -0.276. The fourth-order valence-corrected chi connectivity index (χ4v) is 4.68. The molecule has 3 aromatic rings. The van der Waals surface area contributed by atoms with Crippen LogP contribution in [0.25, 0.3) is 0 Å². The van der Waals surface area contributed by atoms with Crippen molar-refractivity contribution in [2.75, 3.05) is 16.2 Å². The highest BCUT2D eigenvalue weighted by atomic mass is 35.5. The molecule has 0 aliphatic carbocycles. The minimum Gasteiger partial charge on any atom is -0.476 e. The Labute approximate surface area is 177 Å². The lowest BCUT2D eigenvalue weighted by Crippen LogP contribution is -2.48. The molecule has 4 rings (SSSR count). The summed E-state index contributed by atoms with van der Waals surface area (Å²) >= 11 is 5.87. The summed E-state index contributed by atoms with van der Waals surface area (Å²) in [5, 5.41) is 2.85. The number of halogens is 2. The van der Waals surface area contributed by atoms with Crippen LogP contribution >= 0.6 is 11.6 Å². The first-order chi connectivity index (χ1) is 14.4. The van der Waals surface area contributed by atoms with Gasteiger partial charge in [0.1, 0.15) is 11.6 Å². The van der Waals surface area contributed by atoms with Crippen molar-refractivity contribution in [3.05, 3.63) is 83.6 Å². The van der Waals surface area contributed by atoms with Crippen molar-refractivity contribution in [2.45, 2.75) is 11.0 Å². The number of fused-ring (bicyclic) bond motifs is 1. The number of nitrogens with zero attached hydrogens (tertiary/aromatic N) is 1. The average Bonchev–Trinajstić information content (AvgIpc) is 2.74. The molecule has 1 N–H and O–H groups in total. The second kappa shape index (κ2) is 7.97. The van der Waals surface area contributed by atoms with Crippen LogP contribution < -0.4 is 14.4 Å². The molecule has 6 nitrogen and oxygen atoms in total. The molecule has 0 spiro atoms. The molecule has 0 saturated heterocycles. The molecule has 1 atom stereocenters. The number of hydrogen-bond donors (Lipinski definition) is 1. The molecule has 0 aromatic heterocycles. The number of nitrogens with one attached hydrogen (secondary N) is 1. The Balaban J connectivity index is 1.68. The number of rotatable bonds is 4. The Morgan fingerprint density at radius 2 is 1.70 bits per heavy atom. The van der Waals surface area contributed by atoms with Crippen LogP contribution in [0.5, 0.6) is 5.75 Å². The Bertz CT molecular complexity index is 1200. The third kappa shape index (κ3) is 3.83. The standard InChI is InChI=1S/C21H16ClFN2O4S/c22-14-9-11-15(12-10-14)30(27,28)25-13-20(29-19-8-4-3-7-18(19)25)21(26)24-17-6-2-1-5-16(17)23/h1-12,20H,13H2,(H,24,26)/t20-/m1/s1. The highest BCUT2D eigenvalue weighted by Crippen LogP contribution is 2.37. The molecule has 0 saturated carbocycles. The van der Waals surface area contributed by atoms with Gasteiger partial charge in [0.15, 0.2) is 6.10 Å². The van der Waals surface area contributed by atoms with Gasteiger partial charge in [-0.15, -0.1) is 0 Å². The van der Waals surface area contributed by atoms with Gasteiger partial charge in [-0.1, -0.05) is 35.9 Å². The zero-order valence-electron chi connectivity index (χ0n) is 15.5. The average molecular weight is 447 g/mol. The summed E-state index contributed by atoms with van der Waals surface area (Å²) < 4.78 is 47.3. The number of ether oxygens (including phenoxy) is 1. The summed E-state index contributed by atoms with van der Waals surface area (Å²) in [7, 11) is -4.00. The van der Waals surface area contributed by atoms with Crippen LogP contribution in [0.3, 0.4) is 0 Å². The van der Waals surface area contributed by atoms with Gasteiger partial charge >= 0.3 is 0 Å². The SMILES string of the molecule is O=C(Nc1ccccc1F)[C@H]1CN(S(=O)(=O)c2ccc(Cl)cc2)c2ccccc2O1. The Morgan fingerprint density at radius 3 is 2.43 bits per heavy atom. The van der Waals surface area contributed by atoms with Gasteiger partial charge in [0.2, 0.25) is 0 Å². The highest BCUT2D eigenvalue weighted by molar-refractivity contribution is 7.92. The second-order valence-electron chi connectivity index (χ2n) is 6.53. The smallest absolute Gasteiger partial charge is 0.267 e. The fraction of sp³-hybridized carbons (Fsp3) is 0.0952. The molecule has 30 heavy (non-hydrogen) atoms. The summed E-state index contributed by atoms with van der Waals surface area (Å²) in [6.07, 6.45) is -1.18. The van der Waals surface area contributed by atoms with Crippen LogP contribution in [0.4, 0.5) is 15.8 Å². The van der Waals surface area contributed by atoms with E-state index in [2.05, 4.69) is 5.32 Å². The number of carbonyl (C=O) groups is 1. The molecule has 0 fully saturated rings. The summed E-state index contributed by atoms with van der Waals surface area (Å²) in [5.74, 6) is -1.03. The number of anilines is 2. The molecule has 0 radical (unpaired) electrons. The van der Waals surface area contributed by atoms with E-state index in [0.717, 1.165) is 4.31 Å². The van der Waals surface area contributed by atoms with Crippen molar-refractivity contribution in [2.24, 2.45) is 0 Å². The highest BCUT2D eigenvalue weighted by Gasteiger charge is 2.37. The topological polar surface area (TPSA) is 75.7 Å². The summed E-state index contributed by atoms with van der Waals surface area (Å²) in [5.41, 5.74) is 0.291. The predicted molar refractivity (Wildman–Crippen MR) is 112 cm³/mol. The molecule has 0 bridgehead atoms. The van der Waals surface area contributed by atoms with Crippen molar-refractivity contribution in [1.82, 2.24) is 0 Å². The third-order valence-corrected chi connectivity index (χ3v) is 6.61. The molecule has 3 aromatic carbocycles. The first-order valence-corrected chi connectivity index (χ1v) is 10.8. The molecular formula is C21H16ClFN2O4S. The van der Waals surface area contributed by atoms with Crippen molar-refractivity contribution in [3.63, 3.8) is 0 Å². The lowest BCUT2D eigenvalue weighted by molar-refractivity contribution is -0.122. The van der Waals surface area contributed by atoms with Crippen LogP contribution in [0.2, 0.25) is 5.02 Å². The van der Waals surface area contributed by atoms with E-state index in [1.165, 1.54) is 42.5 Å². The zero-order valence-corrected chi connectivity index (χ0v) is 17.0. The van der Waals surface area contributed by atoms with Gasteiger partial charge in [0.25, 0.3) is 15.9 Å². The maximum absolute atomic E-state index is 13.9. The largest absolute Gasteiger partial charge is 0.476 e. The van der Waals surface area contributed by atoms with Gasteiger partial charge in [0, 0.05) is 5.02 Å². The molecule has 154 valence electrons. The van der Waals surface area contributed by atoms with E-state index in [0.29, 0.717) is 10.7 Å². The van der Waals surface area contributed by atoms with E-state index >= 15 is 0 Å². The number of hydrogen-bond acceptors (Lipinski definition) is 4.